The standard InChI is InChI=1S/C24H32N2O3/c27-22-10-13-25(14-11-22)16-21-7-3-4-8-24(21)29-18-23(28)17-26-12-9-19-5-1-2-6-20(19)15-26/h1-8,22-23,27-28H,9-18H2. The van der Waals surface area contributed by atoms with Gasteiger partial charge in [0.05, 0.1) is 6.10 Å². The van der Waals surface area contributed by atoms with Gasteiger partial charge in [-0.3, -0.25) is 9.80 Å². The number of rotatable bonds is 7. The van der Waals surface area contributed by atoms with E-state index in [1.165, 1.54) is 11.1 Å². The second-order valence-corrected chi connectivity index (χ2v) is 8.33. The molecule has 1 fully saturated rings. The fourth-order valence-corrected chi connectivity index (χ4v) is 4.34. The number of ether oxygens (including phenoxy) is 1. The van der Waals surface area contributed by atoms with Crippen molar-refractivity contribution in [3.8, 4) is 5.75 Å². The molecule has 0 radical (unpaired) electrons. The summed E-state index contributed by atoms with van der Waals surface area (Å²) in [5.74, 6) is 0.849. The SMILES string of the molecule is OC1CCN(Cc2ccccc2OCC(O)CN2CCc3ccccc3C2)CC1. The molecule has 0 aromatic heterocycles. The Bertz CT molecular complexity index is 789. The molecule has 2 heterocycles. The Kier molecular flexibility index (Phi) is 6.82. The fourth-order valence-electron chi connectivity index (χ4n) is 4.34. The highest BCUT2D eigenvalue weighted by Gasteiger charge is 2.20. The zero-order valence-electron chi connectivity index (χ0n) is 17.0. The number of para-hydroxylation sites is 1. The first kappa shape index (κ1) is 20.4. The van der Waals surface area contributed by atoms with Crippen molar-refractivity contribution in [2.45, 2.75) is 44.6 Å². The van der Waals surface area contributed by atoms with E-state index in [1.807, 2.05) is 18.2 Å². The van der Waals surface area contributed by atoms with Crippen LogP contribution >= 0.6 is 0 Å². The smallest absolute Gasteiger partial charge is 0.123 e. The van der Waals surface area contributed by atoms with Crippen LogP contribution < -0.4 is 4.74 Å². The van der Waals surface area contributed by atoms with E-state index in [0.29, 0.717) is 13.2 Å². The second kappa shape index (κ2) is 9.72. The van der Waals surface area contributed by atoms with Crippen molar-refractivity contribution in [1.82, 2.24) is 9.80 Å². The highest BCUT2D eigenvalue weighted by atomic mass is 16.5. The van der Waals surface area contributed by atoms with Crippen LogP contribution in [-0.4, -0.2) is 65.0 Å². The Morgan fingerprint density at radius 1 is 0.931 bits per heavy atom. The van der Waals surface area contributed by atoms with Crippen LogP contribution in [0.1, 0.15) is 29.5 Å². The molecule has 1 unspecified atom stereocenters. The Balaban J connectivity index is 1.28. The predicted octanol–water partition coefficient (Wildman–Crippen LogP) is 2.44. The molecule has 4 rings (SSSR count). The third-order valence-electron chi connectivity index (χ3n) is 6.03. The number of β-amino-alcohol motifs (C(OH)–C–C–N with tert-alkyl or cyclic N) is 1. The number of hydrogen-bond donors (Lipinski definition) is 2. The third-order valence-corrected chi connectivity index (χ3v) is 6.03. The Labute approximate surface area is 173 Å². The number of benzene rings is 2. The number of piperidine rings is 1. The number of aliphatic hydroxyl groups is 2. The summed E-state index contributed by atoms with van der Waals surface area (Å²) in [6.07, 6.45) is 2.03. The minimum absolute atomic E-state index is 0.158. The summed E-state index contributed by atoms with van der Waals surface area (Å²) in [5.41, 5.74) is 3.93. The topological polar surface area (TPSA) is 56.2 Å². The molecule has 0 spiro atoms. The summed E-state index contributed by atoms with van der Waals surface area (Å²) in [7, 11) is 0. The van der Waals surface area contributed by atoms with Crippen LogP contribution in [0.4, 0.5) is 0 Å². The van der Waals surface area contributed by atoms with Gasteiger partial charge >= 0.3 is 0 Å². The fraction of sp³-hybridized carbons (Fsp3) is 0.500. The van der Waals surface area contributed by atoms with Crippen molar-refractivity contribution in [1.29, 1.82) is 0 Å². The van der Waals surface area contributed by atoms with Gasteiger partial charge in [0.1, 0.15) is 18.5 Å². The Morgan fingerprint density at radius 3 is 2.48 bits per heavy atom. The van der Waals surface area contributed by atoms with Crippen LogP contribution in [0.15, 0.2) is 48.5 Å². The summed E-state index contributed by atoms with van der Waals surface area (Å²) in [4.78, 5) is 4.66. The number of fused-ring (bicyclic) bond motifs is 1. The van der Waals surface area contributed by atoms with Crippen molar-refractivity contribution in [2.75, 3.05) is 32.8 Å². The Morgan fingerprint density at radius 2 is 1.66 bits per heavy atom. The molecule has 2 aliphatic heterocycles. The number of nitrogens with zero attached hydrogens (tertiary/aromatic N) is 2. The monoisotopic (exact) mass is 396 g/mol. The van der Waals surface area contributed by atoms with Gasteiger partial charge in [-0.1, -0.05) is 42.5 Å². The molecule has 0 bridgehead atoms. The van der Waals surface area contributed by atoms with Gasteiger partial charge in [-0.05, 0) is 36.5 Å². The van der Waals surface area contributed by atoms with E-state index in [-0.39, 0.29) is 6.10 Å². The number of aliphatic hydroxyl groups excluding tert-OH is 2. The minimum atomic E-state index is -0.515. The molecule has 5 nitrogen and oxygen atoms in total. The van der Waals surface area contributed by atoms with E-state index in [9.17, 15) is 10.2 Å². The molecule has 2 aromatic carbocycles. The molecule has 0 saturated carbocycles. The predicted molar refractivity (Wildman–Crippen MR) is 114 cm³/mol. The zero-order valence-corrected chi connectivity index (χ0v) is 17.0. The van der Waals surface area contributed by atoms with Crippen LogP contribution in [0, 0.1) is 0 Å². The highest BCUT2D eigenvalue weighted by Crippen LogP contribution is 2.23. The normalized spacial score (nSPS) is 19.7. The van der Waals surface area contributed by atoms with Gasteiger partial charge in [-0.15, -0.1) is 0 Å². The quantitative estimate of drug-likeness (QED) is 0.753. The first-order valence-corrected chi connectivity index (χ1v) is 10.8. The maximum absolute atomic E-state index is 10.5. The van der Waals surface area contributed by atoms with Gasteiger partial charge in [0, 0.05) is 44.8 Å². The van der Waals surface area contributed by atoms with Crippen molar-refractivity contribution in [3.05, 3.63) is 65.2 Å². The largest absolute Gasteiger partial charge is 0.491 e. The number of likely N-dealkylation sites (tertiary alicyclic amines) is 1. The van der Waals surface area contributed by atoms with Crippen LogP contribution in [0.3, 0.4) is 0 Å². The summed E-state index contributed by atoms with van der Waals surface area (Å²) in [6, 6.07) is 16.6. The summed E-state index contributed by atoms with van der Waals surface area (Å²) < 4.78 is 6.02. The molecule has 156 valence electrons. The Hall–Kier alpha value is -1.92. The van der Waals surface area contributed by atoms with Crippen LogP contribution in [0.25, 0.3) is 0 Å². The average Bonchev–Trinajstić information content (AvgIpc) is 2.75. The molecule has 1 atom stereocenters. The molecular formula is C24H32N2O3. The minimum Gasteiger partial charge on any atom is -0.491 e. The van der Waals surface area contributed by atoms with E-state index in [1.54, 1.807) is 0 Å². The maximum atomic E-state index is 10.5. The molecule has 2 aliphatic rings. The van der Waals surface area contributed by atoms with Gasteiger partial charge in [0.25, 0.3) is 0 Å². The van der Waals surface area contributed by atoms with E-state index < -0.39 is 6.10 Å². The lowest BCUT2D eigenvalue weighted by Crippen LogP contribution is -2.39. The molecule has 0 amide bonds. The van der Waals surface area contributed by atoms with Crippen LogP contribution in [0.5, 0.6) is 5.75 Å². The van der Waals surface area contributed by atoms with Crippen LogP contribution in [0.2, 0.25) is 0 Å². The summed E-state index contributed by atoms with van der Waals surface area (Å²) in [5, 5.41) is 20.2. The van der Waals surface area contributed by atoms with Crippen molar-refractivity contribution in [2.24, 2.45) is 0 Å². The average molecular weight is 397 g/mol. The third kappa shape index (κ3) is 5.58. The lowest BCUT2D eigenvalue weighted by Gasteiger charge is -2.31. The van der Waals surface area contributed by atoms with Gasteiger partial charge in [0.15, 0.2) is 0 Å². The van der Waals surface area contributed by atoms with Crippen molar-refractivity contribution >= 4 is 0 Å². The number of hydrogen-bond acceptors (Lipinski definition) is 5. The van der Waals surface area contributed by atoms with Gasteiger partial charge in [-0.25, -0.2) is 0 Å². The first-order valence-electron chi connectivity index (χ1n) is 10.8. The van der Waals surface area contributed by atoms with E-state index >= 15 is 0 Å². The molecule has 5 heteroatoms. The van der Waals surface area contributed by atoms with Gasteiger partial charge < -0.3 is 14.9 Å². The molecular weight excluding hydrogens is 364 g/mol. The lowest BCUT2D eigenvalue weighted by atomic mass is 10.00. The molecule has 2 N–H and O–H groups in total. The van der Waals surface area contributed by atoms with E-state index in [4.69, 9.17) is 4.74 Å². The zero-order chi connectivity index (χ0) is 20.1. The molecule has 0 aliphatic carbocycles. The highest BCUT2D eigenvalue weighted by molar-refractivity contribution is 5.33. The van der Waals surface area contributed by atoms with E-state index in [2.05, 4.69) is 40.1 Å². The molecule has 29 heavy (non-hydrogen) atoms. The maximum Gasteiger partial charge on any atom is 0.123 e. The summed E-state index contributed by atoms with van der Waals surface area (Å²) >= 11 is 0. The van der Waals surface area contributed by atoms with Gasteiger partial charge in [0.2, 0.25) is 0 Å². The van der Waals surface area contributed by atoms with Gasteiger partial charge in [-0.2, -0.15) is 0 Å². The van der Waals surface area contributed by atoms with Crippen LogP contribution in [-0.2, 0) is 19.5 Å². The van der Waals surface area contributed by atoms with E-state index in [0.717, 1.165) is 63.3 Å². The molecule has 2 aromatic rings. The van der Waals surface area contributed by atoms with Crippen molar-refractivity contribution < 1.29 is 14.9 Å². The first-order chi connectivity index (χ1) is 14.2. The second-order valence-electron chi connectivity index (χ2n) is 8.33. The lowest BCUT2D eigenvalue weighted by molar-refractivity contribution is 0.0618. The van der Waals surface area contributed by atoms with Crippen molar-refractivity contribution in [3.63, 3.8) is 0 Å². The summed E-state index contributed by atoms with van der Waals surface area (Å²) in [6.45, 7) is 5.44. The molecule has 1 saturated heterocycles.